The molecule has 0 aliphatic heterocycles. The molecule has 7 heteroatoms. The zero-order valence-electron chi connectivity index (χ0n) is 11.7. The molecule has 114 valence electrons. The number of rotatable bonds is 5. The summed E-state index contributed by atoms with van der Waals surface area (Å²) in [6.45, 7) is 2.44. The number of halogens is 1. The number of ether oxygens (including phenoxy) is 1. The topological polar surface area (TPSA) is 81.5 Å². The first kappa shape index (κ1) is 15.8. The van der Waals surface area contributed by atoms with Crippen molar-refractivity contribution in [1.82, 2.24) is 0 Å². The smallest absolute Gasteiger partial charge is 0.270 e. The van der Waals surface area contributed by atoms with Gasteiger partial charge in [0.25, 0.3) is 11.6 Å². The Kier molecular flexibility index (Phi) is 4.95. The molecule has 0 aliphatic rings. The molecule has 0 aliphatic carbocycles. The van der Waals surface area contributed by atoms with E-state index in [0.29, 0.717) is 18.0 Å². The fraction of sp³-hybridized carbons (Fsp3) is 0.133. The first-order valence-corrected chi connectivity index (χ1v) is 6.87. The van der Waals surface area contributed by atoms with Crippen LogP contribution in [0.2, 0.25) is 5.02 Å². The first-order chi connectivity index (χ1) is 10.5. The van der Waals surface area contributed by atoms with Crippen LogP contribution in [-0.2, 0) is 0 Å². The molecule has 0 saturated heterocycles. The maximum absolute atomic E-state index is 12.1. The molecule has 6 nitrogen and oxygen atoms in total. The highest BCUT2D eigenvalue weighted by Crippen LogP contribution is 2.24. The van der Waals surface area contributed by atoms with Gasteiger partial charge in [0.2, 0.25) is 0 Å². The zero-order valence-corrected chi connectivity index (χ0v) is 12.5. The van der Waals surface area contributed by atoms with E-state index in [1.165, 1.54) is 12.1 Å². The fourth-order valence-electron chi connectivity index (χ4n) is 1.80. The van der Waals surface area contributed by atoms with Gasteiger partial charge in [-0.25, -0.2) is 0 Å². The van der Waals surface area contributed by atoms with E-state index in [4.69, 9.17) is 16.3 Å². The number of nitro benzene ring substituents is 1. The van der Waals surface area contributed by atoms with E-state index in [2.05, 4.69) is 5.32 Å². The predicted octanol–water partition coefficient (Wildman–Crippen LogP) is 3.90. The van der Waals surface area contributed by atoms with Gasteiger partial charge in [0.1, 0.15) is 5.75 Å². The lowest BCUT2D eigenvalue weighted by atomic mass is 10.2. The summed E-state index contributed by atoms with van der Waals surface area (Å²) in [5.41, 5.74) is 0.576. The Balaban J connectivity index is 2.13. The Hall–Kier alpha value is -2.60. The van der Waals surface area contributed by atoms with Crippen LogP contribution in [0.25, 0.3) is 0 Å². The van der Waals surface area contributed by atoms with Crippen LogP contribution in [0, 0.1) is 10.1 Å². The third-order valence-corrected chi connectivity index (χ3v) is 3.14. The molecule has 2 rings (SSSR count). The van der Waals surface area contributed by atoms with Crippen LogP contribution in [-0.4, -0.2) is 17.4 Å². The zero-order chi connectivity index (χ0) is 16.1. The second-order valence-electron chi connectivity index (χ2n) is 4.33. The predicted molar refractivity (Wildman–Crippen MR) is 83.7 cm³/mol. The minimum absolute atomic E-state index is 0.0256. The molecule has 0 bridgehead atoms. The first-order valence-electron chi connectivity index (χ1n) is 6.49. The number of hydrogen-bond acceptors (Lipinski definition) is 4. The van der Waals surface area contributed by atoms with Gasteiger partial charge < -0.3 is 10.1 Å². The number of nitrogens with zero attached hydrogens (tertiary/aromatic N) is 1. The average Bonchev–Trinajstić information content (AvgIpc) is 2.49. The molecular weight excluding hydrogens is 308 g/mol. The highest BCUT2D eigenvalue weighted by Gasteiger charge is 2.15. The third kappa shape index (κ3) is 3.73. The Morgan fingerprint density at radius 1 is 1.27 bits per heavy atom. The normalized spacial score (nSPS) is 10.1. The highest BCUT2D eigenvalue weighted by atomic mass is 35.5. The van der Waals surface area contributed by atoms with Gasteiger partial charge in [-0.3, -0.25) is 14.9 Å². The van der Waals surface area contributed by atoms with Gasteiger partial charge in [-0.05, 0) is 37.3 Å². The molecular formula is C15H13ClN2O4. The largest absolute Gasteiger partial charge is 0.494 e. The lowest BCUT2D eigenvalue weighted by Crippen LogP contribution is -2.12. The summed E-state index contributed by atoms with van der Waals surface area (Å²) in [6, 6.07) is 10.6. The van der Waals surface area contributed by atoms with Crippen molar-refractivity contribution in [2.24, 2.45) is 0 Å². The lowest BCUT2D eigenvalue weighted by Gasteiger charge is -2.08. The summed E-state index contributed by atoms with van der Waals surface area (Å²) < 4.78 is 5.31. The number of benzene rings is 2. The van der Waals surface area contributed by atoms with Crippen LogP contribution in [0.15, 0.2) is 42.5 Å². The summed E-state index contributed by atoms with van der Waals surface area (Å²) in [6.07, 6.45) is 0. The molecule has 0 spiro atoms. The molecule has 22 heavy (non-hydrogen) atoms. The lowest BCUT2D eigenvalue weighted by molar-refractivity contribution is -0.384. The number of anilines is 1. The second-order valence-corrected chi connectivity index (χ2v) is 4.74. The van der Waals surface area contributed by atoms with Crippen molar-refractivity contribution in [3.8, 4) is 5.75 Å². The van der Waals surface area contributed by atoms with Gasteiger partial charge in [-0.15, -0.1) is 0 Å². The maximum Gasteiger partial charge on any atom is 0.270 e. The van der Waals surface area contributed by atoms with Gasteiger partial charge in [-0.1, -0.05) is 11.6 Å². The number of nitro groups is 1. The van der Waals surface area contributed by atoms with Gasteiger partial charge in [0.05, 0.1) is 22.1 Å². The number of carbonyl (C=O) groups is 1. The SMILES string of the molecule is CCOc1ccc(NC(=O)c2ccc([N+](=O)[O-])cc2Cl)cc1. The van der Waals surface area contributed by atoms with Gasteiger partial charge >= 0.3 is 0 Å². The van der Waals surface area contributed by atoms with E-state index in [0.717, 1.165) is 6.07 Å². The molecule has 0 atom stereocenters. The maximum atomic E-state index is 12.1. The van der Waals surface area contributed by atoms with Crippen molar-refractivity contribution < 1.29 is 14.5 Å². The van der Waals surface area contributed by atoms with Gasteiger partial charge in [-0.2, -0.15) is 0 Å². The summed E-state index contributed by atoms with van der Waals surface area (Å²) in [4.78, 5) is 22.2. The van der Waals surface area contributed by atoms with Crippen LogP contribution in [0.5, 0.6) is 5.75 Å². The molecule has 2 aromatic carbocycles. The fourth-order valence-corrected chi connectivity index (χ4v) is 2.06. The van der Waals surface area contributed by atoms with Gasteiger partial charge in [0.15, 0.2) is 0 Å². The Morgan fingerprint density at radius 3 is 2.50 bits per heavy atom. The molecule has 1 N–H and O–H groups in total. The Morgan fingerprint density at radius 2 is 1.95 bits per heavy atom. The van der Waals surface area contributed by atoms with Crippen LogP contribution in [0.4, 0.5) is 11.4 Å². The van der Waals surface area contributed by atoms with Crippen molar-refractivity contribution in [3.05, 3.63) is 63.2 Å². The van der Waals surface area contributed by atoms with E-state index in [1.807, 2.05) is 6.92 Å². The Bertz CT molecular complexity index is 701. The number of nitrogens with one attached hydrogen (secondary N) is 1. The van der Waals surface area contributed by atoms with Gasteiger partial charge in [0, 0.05) is 17.8 Å². The van der Waals surface area contributed by atoms with Crippen molar-refractivity contribution in [3.63, 3.8) is 0 Å². The molecule has 0 saturated carbocycles. The minimum Gasteiger partial charge on any atom is -0.494 e. The van der Waals surface area contributed by atoms with Crippen molar-refractivity contribution in [1.29, 1.82) is 0 Å². The number of carbonyl (C=O) groups excluding carboxylic acids is 1. The van der Waals surface area contributed by atoms with Crippen LogP contribution in [0.3, 0.4) is 0 Å². The van der Waals surface area contributed by atoms with E-state index >= 15 is 0 Å². The molecule has 0 heterocycles. The third-order valence-electron chi connectivity index (χ3n) is 2.83. The molecule has 0 radical (unpaired) electrons. The van der Waals surface area contributed by atoms with Crippen molar-refractivity contribution in [2.45, 2.75) is 6.92 Å². The van der Waals surface area contributed by atoms with Crippen molar-refractivity contribution >= 4 is 28.9 Å². The summed E-state index contributed by atoms with van der Waals surface area (Å²) in [7, 11) is 0. The summed E-state index contributed by atoms with van der Waals surface area (Å²) in [5.74, 6) is 0.262. The summed E-state index contributed by atoms with van der Waals surface area (Å²) >= 11 is 5.92. The minimum atomic E-state index is -0.569. The molecule has 2 aromatic rings. The van der Waals surface area contributed by atoms with Crippen molar-refractivity contribution in [2.75, 3.05) is 11.9 Å². The van der Waals surface area contributed by atoms with E-state index in [-0.39, 0.29) is 16.3 Å². The average molecular weight is 321 g/mol. The quantitative estimate of drug-likeness (QED) is 0.669. The van der Waals surface area contributed by atoms with Crippen LogP contribution >= 0.6 is 11.6 Å². The Labute approximate surface area is 131 Å². The second kappa shape index (κ2) is 6.91. The van der Waals surface area contributed by atoms with Crippen LogP contribution < -0.4 is 10.1 Å². The standard InChI is InChI=1S/C15H13ClN2O4/c1-2-22-12-6-3-10(4-7-12)17-15(19)13-8-5-11(18(20)21)9-14(13)16/h3-9H,2H2,1H3,(H,17,19). The van der Waals surface area contributed by atoms with Crippen LogP contribution in [0.1, 0.15) is 17.3 Å². The number of amides is 1. The number of non-ortho nitro benzene ring substituents is 1. The molecule has 0 aromatic heterocycles. The van der Waals surface area contributed by atoms with E-state index < -0.39 is 10.8 Å². The molecule has 0 unspecified atom stereocenters. The number of hydrogen-bond donors (Lipinski definition) is 1. The molecule has 1 amide bonds. The van der Waals surface area contributed by atoms with E-state index in [1.54, 1.807) is 24.3 Å². The van der Waals surface area contributed by atoms with E-state index in [9.17, 15) is 14.9 Å². The highest BCUT2D eigenvalue weighted by molar-refractivity contribution is 6.34. The monoisotopic (exact) mass is 320 g/mol. The summed E-state index contributed by atoms with van der Waals surface area (Å²) in [5, 5.41) is 13.3. The molecule has 0 fully saturated rings.